The van der Waals surface area contributed by atoms with Crippen molar-refractivity contribution in [3.05, 3.63) is 12.3 Å². The molecule has 1 aliphatic heterocycles. The van der Waals surface area contributed by atoms with E-state index in [9.17, 15) is 13.2 Å². The SMILES string of the molecule is OC(O)(CC1OC=CCO1)C(F)(F)F. The normalized spacial score (nSPS) is 23.4. The fourth-order valence-electron chi connectivity index (χ4n) is 0.840. The summed E-state index contributed by atoms with van der Waals surface area (Å²) in [5.74, 6) is -3.79. The third kappa shape index (κ3) is 2.60. The number of ether oxygens (including phenoxy) is 2. The van der Waals surface area contributed by atoms with Crippen LogP contribution in [0.25, 0.3) is 0 Å². The zero-order valence-electron chi connectivity index (χ0n) is 6.99. The van der Waals surface area contributed by atoms with Gasteiger partial charge in [0, 0.05) is 0 Å². The Hall–Kier alpha value is -0.790. The summed E-state index contributed by atoms with van der Waals surface area (Å²) in [5.41, 5.74) is 0. The Kier molecular flexibility index (Phi) is 3.03. The van der Waals surface area contributed by atoms with Crippen LogP contribution in [-0.4, -0.2) is 35.1 Å². The molecule has 0 saturated carbocycles. The lowest BCUT2D eigenvalue weighted by molar-refractivity contribution is -0.365. The van der Waals surface area contributed by atoms with Crippen molar-refractivity contribution in [2.24, 2.45) is 0 Å². The molecule has 82 valence electrons. The monoisotopic (exact) mass is 214 g/mol. The Bertz CT molecular complexity index is 223. The van der Waals surface area contributed by atoms with E-state index in [1.165, 1.54) is 6.08 Å². The predicted molar refractivity (Wildman–Crippen MR) is 37.8 cm³/mol. The Morgan fingerprint density at radius 1 is 1.36 bits per heavy atom. The van der Waals surface area contributed by atoms with Gasteiger partial charge >= 0.3 is 6.18 Å². The van der Waals surface area contributed by atoms with Gasteiger partial charge in [0.25, 0.3) is 5.79 Å². The zero-order chi connectivity index (χ0) is 10.8. The lowest BCUT2D eigenvalue weighted by atomic mass is 10.2. The molecule has 1 aliphatic rings. The summed E-state index contributed by atoms with van der Waals surface area (Å²) < 4.78 is 45.1. The first-order valence-corrected chi connectivity index (χ1v) is 3.76. The molecule has 1 heterocycles. The standard InChI is InChI=1S/C7H9F3O4/c8-7(9,10)6(11,12)4-5-13-2-1-3-14-5/h1-2,5,11-12H,3-4H2. The van der Waals surface area contributed by atoms with E-state index in [1.54, 1.807) is 0 Å². The highest BCUT2D eigenvalue weighted by Gasteiger charge is 2.54. The fraction of sp³-hybridized carbons (Fsp3) is 0.714. The quantitative estimate of drug-likeness (QED) is 0.657. The average molecular weight is 214 g/mol. The minimum Gasteiger partial charge on any atom is -0.473 e. The molecule has 0 bridgehead atoms. The number of hydrogen-bond acceptors (Lipinski definition) is 4. The molecular weight excluding hydrogens is 205 g/mol. The molecule has 14 heavy (non-hydrogen) atoms. The molecule has 0 amide bonds. The Morgan fingerprint density at radius 2 is 2.00 bits per heavy atom. The Balaban J connectivity index is 2.54. The van der Waals surface area contributed by atoms with Crippen LogP contribution in [0, 0.1) is 0 Å². The third-order valence-electron chi connectivity index (χ3n) is 1.61. The molecule has 7 heteroatoms. The number of hydrogen-bond donors (Lipinski definition) is 2. The highest BCUT2D eigenvalue weighted by atomic mass is 19.4. The molecule has 1 rings (SSSR count). The molecule has 0 aromatic carbocycles. The smallest absolute Gasteiger partial charge is 0.443 e. The minimum atomic E-state index is -5.12. The number of aliphatic hydroxyl groups is 2. The Labute approximate surface area is 77.5 Å². The number of rotatable bonds is 2. The van der Waals surface area contributed by atoms with Gasteiger partial charge in [-0.3, -0.25) is 0 Å². The first-order valence-electron chi connectivity index (χ1n) is 3.76. The topological polar surface area (TPSA) is 58.9 Å². The van der Waals surface area contributed by atoms with Gasteiger partial charge in [-0.05, 0) is 6.08 Å². The summed E-state index contributed by atoms with van der Waals surface area (Å²) >= 11 is 0. The molecule has 0 aromatic heterocycles. The van der Waals surface area contributed by atoms with E-state index in [-0.39, 0.29) is 6.61 Å². The third-order valence-corrected chi connectivity index (χ3v) is 1.61. The molecule has 0 fully saturated rings. The zero-order valence-corrected chi connectivity index (χ0v) is 6.99. The molecule has 0 saturated heterocycles. The van der Waals surface area contributed by atoms with Crippen molar-refractivity contribution in [3.63, 3.8) is 0 Å². The van der Waals surface area contributed by atoms with Gasteiger partial charge in [0.05, 0.1) is 19.3 Å². The van der Waals surface area contributed by atoms with Crippen LogP contribution in [0.4, 0.5) is 13.2 Å². The maximum atomic E-state index is 12.0. The van der Waals surface area contributed by atoms with Crippen molar-refractivity contribution < 1.29 is 32.9 Å². The maximum absolute atomic E-state index is 12.0. The van der Waals surface area contributed by atoms with Crippen LogP contribution in [-0.2, 0) is 9.47 Å². The highest BCUT2D eigenvalue weighted by molar-refractivity contribution is 4.82. The molecular formula is C7H9F3O4. The largest absolute Gasteiger partial charge is 0.473 e. The van der Waals surface area contributed by atoms with E-state index in [2.05, 4.69) is 9.47 Å². The maximum Gasteiger partial charge on any atom is 0.443 e. The molecule has 1 atom stereocenters. The predicted octanol–water partition coefficient (Wildman–Crippen LogP) is 0.506. The van der Waals surface area contributed by atoms with Gasteiger partial charge in [-0.1, -0.05) is 0 Å². The van der Waals surface area contributed by atoms with Crippen molar-refractivity contribution in [2.45, 2.75) is 24.7 Å². The summed E-state index contributed by atoms with van der Waals surface area (Å²) in [6.45, 7) is 0.0819. The summed E-state index contributed by atoms with van der Waals surface area (Å²) in [6.07, 6.45) is -4.90. The summed E-state index contributed by atoms with van der Waals surface area (Å²) in [5, 5.41) is 17.3. The first-order chi connectivity index (χ1) is 6.33. The molecule has 0 spiro atoms. The van der Waals surface area contributed by atoms with Gasteiger partial charge in [-0.15, -0.1) is 0 Å². The molecule has 4 nitrogen and oxygen atoms in total. The van der Waals surface area contributed by atoms with Gasteiger partial charge in [0.15, 0.2) is 0 Å². The van der Waals surface area contributed by atoms with E-state index in [0.717, 1.165) is 6.26 Å². The first kappa shape index (κ1) is 11.3. The van der Waals surface area contributed by atoms with Gasteiger partial charge in [0.2, 0.25) is 6.29 Å². The van der Waals surface area contributed by atoms with Crippen LogP contribution in [0.5, 0.6) is 0 Å². The highest BCUT2D eigenvalue weighted by Crippen LogP contribution is 2.32. The van der Waals surface area contributed by atoms with Crippen LogP contribution in [0.15, 0.2) is 12.3 Å². The second-order valence-corrected chi connectivity index (χ2v) is 2.79. The second kappa shape index (κ2) is 3.76. The van der Waals surface area contributed by atoms with Crippen LogP contribution in [0.2, 0.25) is 0 Å². The van der Waals surface area contributed by atoms with Crippen molar-refractivity contribution >= 4 is 0 Å². The lowest BCUT2D eigenvalue weighted by Crippen LogP contribution is -2.48. The lowest BCUT2D eigenvalue weighted by Gasteiger charge is -2.29. The molecule has 0 aromatic rings. The van der Waals surface area contributed by atoms with E-state index >= 15 is 0 Å². The van der Waals surface area contributed by atoms with E-state index in [4.69, 9.17) is 10.2 Å². The van der Waals surface area contributed by atoms with Crippen molar-refractivity contribution in [3.8, 4) is 0 Å². The van der Waals surface area contributed by atoms with Crippen molar-refractivity contribution in [2.75, 3.05) is 6.61 Å². The van der Waals surface area contributed by atoms with Crippen LogP contribution in [0.1, 0.15) is 6.42 Å². The van der Waals surface area contributed by atoms with Crippen molar-refractivity contribution in [1.29, 1.82) is 0 Å². The van der Waals surface area contributed by atoms with Crippen LogP contribution < -0.4 is 0 Å². The van der Waals surface area contributed by atoms with Gasteiger partial charge in [-0.2, -0.15) is 13.2 Å². The second-order valence-electron chi connectivity index (χ2n) is 2.79. The number of halogens is 3. The molecule has 1 unspecified atom stereocenters. The van der Waals surface area contributed by atoms with Crippen LogP contribution in [0.3, 0.4) is 0 Å². The fourth-order valence-corrected chi connectivity index (χ4v) is 0.840. The van der Waals surface area contributed by atoms with Gasteiger partial charge in [-0.25, -0.2) is 0 Å². The summed E-state index contributed by atoms with van der Waals surface area (Å²) in [7, 11) is 0. The molecule has 0 radical (unpaired) electrons. The van der Waals surface area contributed by atoms with Crippen LogP contribution >= 0.6 is 0 Å². The van der Waals surface area contributed by atoms with Gasteiger partial charge < -0.3 is 19.7 Å². The van der Waals surface area contributed by atoms with Crippen molar-refractivity contribution in [1.82, 2.24) is 0 Å². The minimum absolute atomic E-state index is 0.0819. The van der Waals surface area contributed by atoms with E-state index < -0.39 is 24.7 Å². The van der Waals surface area contributed by atoms with Gasteiger partial charge in [0.1, 0.15) is 0 Å². The van der Waals surface area contributed by atoms with E-state index in [0.29, 0.717) is 0 Å². The summed E-state index contributed by atoms with van der Waals surface area (Å²) in [6, 6.07) is 0. The summed E-state index contributed by atoms with van der Waals surface area (Å²) in [4.78, 5) is 0. The molecule has 0 aliphatic carbocycles. The Morgan fingerprint density at radius 3 is 2.43 bits per heavy atom. The number of alkyl halides is 3. The average Bonchev–Trinajstić information content (AvgIpc) is 2.03. The van der Waals surface area contributed by atoms with E-state index in [1.807, 2.05) is 0 Å². The molecule has 2 N–H and O–H groups in total.